The van der Waals surface area contributed by atoms with Crippen LogP contribution in [0.5, 0.6) is 0 Å². The highest BCUT2D eigenvalue weighted by Crippen LogP contribution is 2.21. The summed E-state index contributed by atoms with van der Waals surface area (Å²) in [6, 6.07) is 10.5. The molecule has 0 saturated carbocycles. The number of hydrogen-bond donors (Lipinski definition) is 2. The molecule has 0 bridgehead atoms. The minimum Gasteiger partial charge on any atom is -0.395 e. The van der Waals surface area contributed by atoms with E-state index in [4.69, 9.17) is 0 Å². The number of nitrogens with one attached hydrogen (secondary N) is 1. The van der Waals surface area contributed by atoms with Gasteiger partial charge in [-0.15, -0.1) is 0 Å². The Kier molecular flexibility index (Phi) is 7.88. The van der Waals surface area contributed by atoms with Crippen LogP contribution in [-0.2, 0) is 4.79 Å². The molecule has 0 aromatic heterocycles. The van der Waals surface area contributed by atoms with Gasteiger partial charge >= 0.3 is 0 Å². The highest BCUT2D eigenvalue weighted by Gasteiger charge is 2.24. The lowest BCUT2D eigenvalue weighted by Gasteiger charge is -2.38. The molecule has 2 N–H and O–H groups in total. The van der Waals surface area contributed by atoms with Crippen molar-refractivity contribution in [1.29, 1.82) is 0 Å². The first-order chi connectivity index (χ1) is 12.0. The smallest absolute Gasteiger partial charge is 0.234 e. The van der Waals surface area contributed by atoms with Crippen LogP contribution in [0.1, 0.15) is 38.8 Å². The van der Waals surface area contributed by atoms with Crippen LogP contribution in [0.2, 0.25) is 0 Å². The third-order valence-electron chi connectivity index (χ3n) is 5.11. The van der Waals surface area contributed by atoms with Crippen LogP contribution in [0.25, 0.3) is 0 Å². The third-order valence-corrected chi connectivity index (χ3v) is 5.11. The second-order valence-corrected chi connectivity index (χ2v) is 7.26. The van der Waals surface area contributed by atoms with Crippen molar-refractivity contribution < 1.29 is 9.90 Å². The molecule has 2 rings (SSSR count). The van der Waals surface area contributed by atoms with Crippen molar-refractivity contribution >= 4 is 5.91 Å². The van der Waals surface area contributed by atoms with Crippen molar-refractivity contribution in [2.75, 3.05) is 39.3 Å². The van der Waals surface area contributed by atoms with E-state index < -0.39 is 0 Å². The van der Waals surface area contributed by atoms with Crippen molar-refractivity contribution in [3.8, 4) is 0 Å². The topological polar surface area (TPSA) is 55.8 Å². The van der Waals surface area contributed by atoms with E-state index in [1.807, 2.05) is 18.2 Å². The first-order valence-electron chi connectivity index (χ1n) is 9.46. The number of amides is 1. The number of nitrogens with zero attached hydrogens (tertiary/aromatic N) is 2. The number of benzene rings is 1. The summed E-state index contributed by atoms with van der Waals surface area (Å²) in [5.41, 5.74) is 1.16. The van der Waals surface area contributed by atoms with E-state index in [1.165, 1.54) is 0 Å². The molecule has 0 aliphatic carbocycles. The van der Waals surface area contributed by atoms with Gasteiger partial charge in [-0.3, -0.25) is 14.6 Å². The fraction of sp³-hybridized carbons (Fsp3) is 0.650. The van der Waals surface area contributed by atoms with Crippen LogP contribution >= 0.6 is 0 Å². The Balaban J connectivity index is 1.84. The number of carbonyl (C=O) groups excluding carboxylic acids is 1. The number of carbonyl (C=O) groups is 1. The van der Waals surface area contributed by atoms with Crippen LogP contribution in [0.15, 0.2) is 30.3 Å². The molecule has 1 amide bonds. The molecule has 5 heteroatoms. The zero-order valence-electron chi connectivity index (χ0n) is 15.8. The van der Waals surface area contributed by atoms with E-state index in [9.17, 15) is 9.90 Å². The molecule has 1 heterocycles. The largest absolute Gasteiger partial charge is 0.395 e. The molecule has 140 valence electrons. The van der Waals surface area contributed by atoms with E-state index in [0.29, 0.717) is 12.5 Å². The van der Waals surface area contributed by atoms with Gasteiger partial charge in [-0.25, -0.2) is 0 Å². The number of rotatable bonds is 8. The van der Waals surface area contributed by atoms with Crippen molar-refractivity contribution in [2.45, 2.75) is 39.3 Å². The zero-order chi connectivity index (χ0) is 18.2. The summed E-state index contributed by atoms with van der Waals surface area (Å²) in [5, 5.41) is 12.6. The van der Waals surface area contributed by atoms with E-state index in [0.717, 1.165) is 38.2 Å². The van der Waals surface area contributed by atoms with Crippen LogP contribution in [0, 0.1) is 5.92 Å². The van der Waals surface area contributed by atoms with E-state index in [2.05, 4.69) is 48.0 Å². The van der Waals surface area contributed by atoms with Crippen LogP contribution in [-0.4, -0.2) is 66.2 Å². The normalized spacial score (nSPS) is 18.9. The molecule has 2 atom stereocenters. The van der Waals surface area contributed by atoms with Gasteiger partial charge in [0.1, 0.15) is 0 Å². The van der Waals surface area contributed by atoms with Gasteiger partial charge < -0.3 is 10.4 Å². The third kappa shape index (κ3) is 5.80. The van der Waals surface area contributed by atoms with Crippen molar-refractivity contribution in [2.24, 2.45) is 5.92 Å². The van der Waals surface area contributed by atoms with Gasteiger partial charge in [0.15, 0.2) is 0 Å². The molecular formula is C20H33N3O2. The highest BCUT2D eigenvalue weighted by molar-refractivity contribution is 5.78. The minimum absolute atomic E-state index is 0.0499. The molecule has 5 nitrogen and oxygen atoms in total. The molecule has 1 saturated heterocycles. The second-order valence-electron chi connectivity index (χ2n) is 7.26. The zero-order valence-corrected chi connectivity index (χ0v) is 15.8. The van der Waals surface area contributed by atoms with Gasteiger partial charge in [-0.1, -0.05) is 51.1 Å². The maximum absolute atomic E-state index is 12.5. The summed E-state index contributed by atoms with van der Waals surface area (Å²) in [6.07, 6.45) is 0.962. The first kappa shape index (κ1) is 19.9. The summed E-state index contributed by atoms with van der Waals surface area (Å²) in [6.45, 7) is 10.6. The minimum atomic E-state index is 0.0499. The number of hydrogen-bond acceptors (Lipinski definition) is 4. The molecule has 1 aromatic rings. The van der Waals surface area contributed by atoms with Gasteiger partial charge in [0.25, 0.3) is 0 Å². The Morgan fingerprint density at radius 1 is 1.16 bits per heavy atom. The van der Waals surface area contributed by atoms with Gasteiger partial charge in [-0.2, -0.15) is 0 Å². The van der Waals surface area contributed by atoms with E-state index in [1.54, 1.807) is 0 Å². The molecule has 25 heavy (non-hydrogen) atoms. The summed E-state index contributed by atoms with van der Waals surface area (Å²) >= 11 is 0. The summed E-state index contributed by atoms with van der Waals surface area (Å²) < 4.78 is 0. The van der Waals surface area contributed by atoms with E-state index >= 15 is 0 Å². The van der Waals surface area contributed by atoms with Gasteiger partial charge in [-0.05, 0) is 17.9 Å². The van der Waals surface area contributed by atoms with Crippen LogP contribution in [0.3, 0.4) is 0 Å². The lowest BCUT2D eigenvalue weighted by Crippen LogP contribution is -2.53. The fourth-order valence-corrected chi connectivity index (χ4v) is 3.51. The van der Waals surface area contributed by atoms with Gasteiger partial charge in [0, 0.05) is 32.2 Å². The molecule has 1 aliphatic heterocycles. The SMILES string of the molecule is CCC(CO)N1CCN(CC(=O)NC(c2ccccc2)C(C)C)CC1. The molecule has 1 fully saturated rings. The average Bonchev–Trinajstić information content (AvgIpc) is 2.62. The van der Waals surface area contributed by atoms with Gasteiger partial charge in [0.05, 0.1) is 19.2 Å². The highest BCUT2D eigenvalue weighted by atomic mass is 16.3. The quantitative estimate of drug-likeness (QED) is 0.754. The monoisotopic (exact) mass is 347 g/mol. The number of piperazine rings is 1. The fourth-order valence-electron chi connectivity index (χ4n) is 3.51. The Morgan fingerprint density at radius 2 is 1.80 bits per heavy atom. The predicted molar refractivity (Wildman–Crippen MR) is 101 cm³/mol. The number of aliphatic hydroxyl groups excluding tert-OH is 1. The van der Waals surface area contributed by atoms with Crippen LogP contribution in [0.4, 0.5) is 0 Å². The van der Waals surface area contributed by atoms with E-state index in [-0.39, 0.29) is 24.6 Å². The lowest BCUT2D eigenvalue weighted by molar-refractivity contribution is -0.123. The lowest BCUT2D eigenvalue weighted by atomic mass is 9.96. The Labute approximate surface area is 152 Å². The van der Waals surface area contributed by atoms with Crippen molar-refractivity contribution in [3.63, 3.8) is 0 Å². The van der Waals surface area contributed by atoms with Crippen molar-refractivity contribution in [3.05, 3.63) is 35.9 Å². The van der Waals surface area contributed by atoms with Gasteiger partial charge in [0.2, 0.25) is 5.91 Å². The van der Waals surface area contributed by atoms with Crippen molar-refractivity contribution in [1.82, 2.24) is 15.1 Å². The first-order valence-corrected chi connectivity index (χ1v) is 9.46. The molecule has 1 aliphatic rings. The second kappa shape index (κ2) is 9.90. The Bertz CT molecular complexity index is 509. The average molecular weight is 348 g/mol. The molecule has 2 unspecified atom stereocenters. The summed E-state index contributed by atoms with van der Waals surface area (Å²) in [7, 11) is 0. The van der Waals surface area contributed by atoms with Crippen LogP contribution < -0.4 is 5.32 Å². The molecular weight excluding hydrogens is 314 g/mol. The maximum atomic E-state index is 12.5. The summed E-state index contributed by atoms with van der Waals surface area (Å²) in [4.78, 5) is 17.1. The Morgan fingerprint density at radius 3 is 2.32 bits per heavy atom. The molecule has 1 aromatic carbocycles. The predicted octanol–water partition coefficient (Wildman–Crippen LogP) is 1.89. The standard InChI is InChI=1S/C20H33N3O2/c1-4-18(15-24)23-12-10-22(11-13-23)14-19(25)21-20(16(2)3)17-8-6-5-7-9-17/h5-9,16,18,20,24H,4,10-15H2,1-3H3,(H,21,25). The maximum Gasteiger partial charge on any atom is 0.234 e. The Hall–Kier alpha value is -1.43. The molecule has 0 radical (unpaired) electrons. The number of aliphatic hydroxyl groups is 1. The summed E-state index contributed by atoms with van der Waals surface area (Å²) in [5.74, 6) is 0.434. The molecule has 0 spiro atoms.